The fourth-order valence-electron chi connectivity index (χ4n) is 3.65. The predicted octanol–water partition coefficient (Wildman–Crippen LogP) is 6.49. The SMILES string of the molecule is COc1cc(C=C(C#N)c2nc(-c3ccc(Cc4ccccc4)cc3)cs2)cc(OC)c1OC. The largest absolute Gasteiger partial charge is 0.493 e. The number of rotatable bonds is 8. The molecule has 170 valence electrons. The number of nitrogens with zero attached hydrogens (tertiary/aromatic N) is 2. The van der Waals surface area contributed by atoms with Gasteiger partial charge in [-0.15, -0.1) is 11.3 Å². The van der Waals surface area contributed by atoms with Gasteiger partial charge in [-0.2, -0.15) is 5.26 Å². The molecule has 1 heterocycles. The number of ether oxygens (including phenoxy) is 3. The first-order chi connectivity index (χ1) is 16.6. The number of nitriles is 1. The van der Waals surface area contributed by atoms with Crippen LogP contribution in [0.2, 0.25) is 0 Å². The van der Waals surface area contributed by atoms with Gasteiger partial charge in [-0.25, -0.2) is 4.98 Å². The molecule has 6 heteroatoms. The summed E-state index contributed by atoms with van der Waals surface area (Å²) in [5, 5.41) is 12.4. The molecule has 3 aromatic carbocycles. The predicted molar refractivity (Wildman–Crippen MR) is 136 cm³/mol. The molecule has 0 N–H and O–H groups in total. The molecule has 0 atom stereocenters. The van der Waals surface area contributed by atoms with Gasteiger partial charge in [0.2, 0.25) is 5.75 Å². The molecule has 0 unspecified atom stereocenters. The minimum atomic E-state index is 0.464. The molecule has 0 radical (unpaired) electrons. The van der Waals surface area contributed by atoms with Gasteiger partial charge in [0.05, 0.1) is 32.6 Å². The van der Waals surface area contributed by atoms with E-state index in [0.717, 1.165) is 23.2 Å². The Labute approximate surface area is 203 Å². The van der Waals surface area contributed by atoms with E-state index in [1.807, 2.05) is 11.4 Å². The van der Waals surface area contributed by atoms with Gasteiger partial charge in [-0.3, -0.25) is 0 Å². The van der Waals surface area contributed by atoms with E-state index >= 15 is 0 Å². The average Bonchev–Trinajstić information content (AvgIpc) is 3.37. The molecule has 34 heavy (non-hydrogen) atoms. The third-order valence-corrected chi connectivity index (χ3v) is 6.23. The zero-order chi connectivity index (χ0) is 23.9. The summed E-state index contributed by atoms with van der Waals surface area (Å²) in [6, 6.07) is 24.7. The van der Waals surface area contributed by atoms with E-state index in [0.29, 0.717) is 27.8 Å². The van der Waals surface area contributed by atoms with Crippen molar-refractivity contribution in [2.75, 3.05) is 21.3 Å². The first kappa shape index (κ1) is 23.1. The lowest BCUT2D eigenvalue weighted by molar-refractivity contribution is 0.324. The average molecular weight is 469 g/mol. The smallest absolute Gasteiger partial charge is 0.203 e. The maximum atomic E-state index is 9.81. The minimum absolute atomic E-state index is 0.464. The number of hydrogen-bond acceptors (Lipinski definition) is 6. The molecule has 4 aromatic rings. The summed E-state index contributed by atoms with van der Waals surface area (Å²) >= 11 is 1.44. The lowest BCUT2D eigenvalue weighted by atomic mass is 10.0. The van der Waals surface area contributed by atoms with E-state index in [1.54, 1.807) is 39.5 Å². The van der Waals surface area contributed by atoms with Crippen molar-refractivity contribution in [1.82, 2.24) is 4.98 Å². The van der Waals surface area contributed by atoms with Crippen LogP contribution in [0.4, 0.5) is 0 Å². The van der Waals surface area contributed by atoms with Crippen molar-refractivity contribution >= 4 is 23.0 Å². The van der Waals surface area contributed by atoms with Crippen LogP contribution in [0.1, 0.15) is 21.7 Å². The van der Waals surface area contributed by atoms with Crippen LogP contribution in [0.15, 0.2) is 72.1 Å². The van der Waals surface area contributed by atoms with Crippen molar-refractivity contribution in [3.63, 3.8) is 0 Å². The Bertz CT molecular complexity index is 1310. The lowest BCUT2D eigenvalue weighted by Gasteiger charge is -2.13. The van der Waals surface area contributed by atoms with Crippen LogP contribution in [0.5, 0.6) is 17.2 Å². The van der Waals surface area contributed by atoms with Gasteiger partial charge < -0.3 is 14.2 Å². The summed E-state index contributed by atoms with van der Waals surface area (Å²) in [4.78, 5) is 4.72. The maximum absolute atomic E-state index is 9.81. The van der Waals surface area contributed by atoms with Crippen LogP contribution in [-0.4, -0.2) is 26.3 Å². The highest BCUT2D eigenvalue weighted by atomic mass is 32.1. The van der Waals surface area contributed by atoms with Gasteiger partial charge in [0.15, 0.2) is 11.5 Å². The molecule has 1 aromatic heterocycles. The van der Waals surface area contributed by atoms with Gasteiger partial charge >= 0.3 is 0 Å². The Kier molecular flexibility index (Phi) is 7.26. The first-order valence-electron chi connectivity index (χ1n) is 10.7. The van der Waals surface area contributed by atoms with Crippen molar-refractivity contribution in [2.45, 2.75) is 6.42 Å². The summed E-state index contributed by atoms with van der Waals surface area (Å²) < 4.78 is 16.2. The second kappa shape index (κ2) is 10.7. The van der Waals surface area contributed by atoms with Crippen LogP contribution < -0.4 is 14.2 Å². The monoisotopic (exact) mass is 468 g/mol. The molecular formula is C28H24N2O3S. The van der Waals surface area contributed by atoms with Crippen LogP contribution in [0.25, 0.3) is 22.9 Å². The standard InChI is InChI=1S/C28H24N2O3S/c1-31-25-15-21(16-26(32-2)27(25)33-3)14-23(17-29)28-30-24(18-34-28)22-11-9-20(10-12-22)13-19-7-5-4-6-8-19/h4-12,14-16,18H,13H2,1-3H3. The van der Waals surface area contributed by atoms with E-state index in [2.05, 4.69) is 54.6 Å². The Morgan fingerprint density at radius 3 is 2.15 bits per heavy atom. The molecule has 4 rings (SSSR count). The third-order valence-electron chi connectivity index (χ3n) is 5.35. The van der Waals surface area contributed by atoms with Crippen molar-refractivity contribution < 1.29 is 14.2 Å². The Hall–Kier alpha value is -4.08. The zero-order valence-electron chi connectivity index (χ0n) is 19.2. The Morgan fingerprint density at radius 2 is 1.56 bits per heavy atom. The molecule has 0 aliphatic carbocycles. The van der Waals surface area contributed by atoms with Gasteiger partial charge in [0, 0.05) is 10.9 Å². The Morgan fingerprint density at radius 1 is 0.912 bits per heavy atom. The zero-order valence-corrected chi connectivity index (χ0v) is 20.1. The van der Waals surface area contributed by atoms with Crippen LogP contribution in [-0.2, 0) is 6.42 Å². The number of thiazole rings is 1. The van der Waals surface area contributed by atoms with E-state index in [4.69, 9.17) is 19.2 Å². The maximum Gasteiger partial charge on any atom is 0.203 e. The van der Waals surface area contributed by atoms with Crippen molar-refractivity contribution in [2.24, 2.45) is 0 Å². The summed E-state index contributed by atoms with van der Waals surface area (Å²) in [7, 11) is 4.68. The van der Waals surface area contributed by atoms with E-state index in [9.17, 15) is 5.26 Å². The highest BCUT2D eigenvalue weighted by molar-refractivity contribution is 7.11. The van der Waals surface area contributed by atoms with Crippen LogP contribution >= 0.6 is 11.3 Å². The molecule has 0 amide bonds. The topological polar surface area (TPSA) is 64.4 Å². The first-order valence-corrected chi connectivity index (χ1v) is 11.5. The van der Waals surface area contributed by atoms with Crippen LogP contribution in [0.3, 0.4) is 0 Å². The fraction of sp³-hybridized carbons (Fsp3) is 0.143. The second-order valence-corrected chi connectivity index (χ2v) is 8.38. The van der Waals surface area contributed by atoms with Crippen molar-refractivity contribution in [3.05, 3.63) is 93.8 Å². The molecule has 0 aliphatic heterocycles. The van der Waals surface area contributed by atoms with Gasteiger partial charge in [0.1, 0.15) is 11.1 Å². The van der Waals surface area contributed by atoms with Gasteiger partial charge in [-0.05, 0) is 41.3 Å². The van der Waals surface area contributed by atoms with Gasteiger partial charge in [0.25, 0.3) is 0 Å². The normalized spacial score (nSPS) is 11.1. The molecule has 0 aliphatic rings. The summed E-state index contributed by atoms with van der Waals surface area (Å²) in [5.41, 5.74) is 5.60. The number of hydrogen-bond donors (Lipinski definition) is 0. The van der Waals surface area contributed by atoms with E-state index in [1.165, 1.54) is 22.5 Å². The highest BCUT2D eigenvalue weighted by Gasteiger charge is 2.14. The molecular weight excluding hydrogens is 444 g/mol. The van der Waals surface area contributed by atoms with Crippen molar-refractivity contribution in [1.29, 1.82) is 5.26 Å². The summed E-state index contributed by atoms with van der Waals surface area (Å²) in [6.07, 6.45) is 2.66. The molecule has 0 saturated carbocycles. The number of methoxy groups -OCH3 is 3. The fourth-order valence-corrected chi connectivity index (χ4v) is 4.44. The number of benzene rings is 3. The quantitative estimate of drug-likeness (QED) is 0.277. The molecule has 0 spiro atoms. The molecule has 0 bridgehead atoms. The third kappa shape index (κ3) is 5.11. The minimum Gasteiger partial charge on any atom is -0.493 e. The Balaban J connectivity index is 1.58. The summed E-state index contributed by atoms with van der Waals surface area (Å²) in [5.74, 6) is 1.56. The van der Waals surface area contributed by atoms with E-state index < -0.39 is 0 Å². The molecule has 0 fully saturated rings. The molecule has 5 nitrogen and oxygen atoms in total. The van der Waals surface area contributed by atoms with Gasteiger partial charge in [-0.1, -0.05) is 54.6 Å². The summed E-state index contributed by atoms with van der Waals surface area (Å²) in [6.45, 7) is 0. The second-order valence-electron chi connectivity index (χ2n) is 7.53. The van der Waals surface area contributed by atoms with Crippen LogP contribution in [0, 0.1) is 11.3 Å². The van der Waals surface area contributed by atoms with E-state index in [-0.39, 0.29) is 0 Å². The highest BCUT2D eigenvalue weighted by Crippen LogP contribution is 2.39. The number of aromatic nitrogens is 1. The lowest BCUT2D eigenvalue weighted by Crippen LogP contribution is -1.95. The number of allylic oxidation sites excluding steroid dienone is 1. The van der Waals surface area contributed by atoms with Crippen molar-refractivity contribution in [3.8, 4) is 34.6 Å². The molecule has 0 saturated heterocycles.